The Balaban J connectivity index is 2.43. The average Bonchev–Trinajstić information content (AvgIpc) is 2.83. The molecule has 0 saturated carbocycles. The van der Waals surface area contributed by atoms with Gasteiger partial charge in [0.1, 0.15) is 4.88 Å². The summed E-state index contributed by atoms with van der Waals surface area (Å²) in [7, 11) is 0. The van der Waals surface area contributed by atoms with Gasteiger partial charge >= 0.3 is 0 Å². The number of halogens is 1. The van der Waals surface area contributed by atoms with Gasteiger partial charge in [0.2, 0.25) is 5.91 Å². The number of rotatable bonds is 3. The highest BCUT2D eigenvalue weighted by atomic mass is 35.5. The molecule has 0 bridgehead atoms. The number of imide groups is 1. The van der Waals surface area contributed by atoms with Gasteiger partial charge in [0, 0.05) is 18.7 Å². The van der Waals surface area contributed by atoms with Gasteiger partial charge in [0.25, 0.3) is 11.6 Å². The number of nitro groups is 1. The van der Waals surface area contributed by atoms with E-state index in [1.165, 1.54) is 19.1 Å². The number of amides is 2. The molecule has 0 aliphatic carbocycles. The Morgan fingerprint density at radius 2 is 1.91 bits per heavy atom. The molecule has 22 heavy (non-hydrogen) atoms. The maximum absolute atomic E-state index is 12.5. The number of carbonyl (C=O) groups excluding carboxylic acids is 2. The molecule has 0 unspecified atom stereocenters. The zero-order valence-electron chi connectivity index (χ0n) is 11.3. The lowest BCUT2D eigenvalue weighted by Gasteiger charge is -2.18. The molecule has 0 spiro atoms. The number of hydrogen-bond acceptors (Lipinski definition) is 6. The molecule has 0 saturated heterocycles. The van der Waals surface area contributed by atoms with Crippen molar-refractivity contribution in [1.82, 2.24) is 0 Å². The van der Waals surface area contributed by atoms with E-state index in [0.717, 1.165) is 22.3 Å². The van der Waals surface area contributed by atoms with Crippen LogP contribution in [0.5, 0.6) is 0 Å². The van der Waals surface area contributed by atoms with Crippen molar-refractivity contribution < 1.29 is 14.5 Å². The first kappa shape index (κ1) is 15.9. The van der Waals surface area contributed by atoms with Crippen molar-refractivity contribution in [3.05, 3.63) is 49.7 Å². The molecule has 2 aromatic rings. The van der Waals surface area contributed by atoms with Crippen LogP contribution in [-0.4, -0.2) is 16.7 Å². The molecule has 1 aromatic carbocycles. The van der Waals surface area contributed by atoms with Gasteiger partial charge in [0.15, 0.2) is 4.34 Å². The minimum Gasteiger partial charge on any atom is -0.399 e. The normalized spacial score (nSPS) is 10.3. The summed E-state index contributed by atoms with van der Waals surface area (Å²) >= 11 is 6.49. The Bertz CT molecular complexity index is 757. The number of thiophene rings is 1. The van der Waals surface area contributed by atoms with Crippen LogP contribution in [0.2, 0.25) is 4.34 Å². The summed E-state index contributed by atoms with van der Waals surface area (Å²) < 4.78 is -0.117. The first-order chi connectivity index (χ1) is 10.3. The molecule has 0 aliphatic rings. The van der Waals surface area contributed by atoms with Crippen LogP contribution in [0.1, 0.15) is 16.6 Å². The van der Waals surface area contributed by atoms with Crippen molar-refractivity contribution in [3.8, 4) is 0 Å². The van der Waals surface area contributed by atoms with Gasteiger partial charge in [-0.25, -0.2) is 4.90 Å². The lowest BCUT2D eigenvalue weighted by atomic mass is 10.2. The molecule has 7 nitrogen and oxygen atoms in total. The number of nitrogens with two attached hydrogens (primary N) is 1. The van der Waals surface area contributed by atoms with Crippen LogP contribution in [-0.2, 0) is 4.79 Å². The highest BCUT2D eigenvalue weighted by molar-refractivity contribution is 7.18. The van der Waals surface area contributed by atoms with Gasteiger partial charge in [0.05, 0.1) is 10.6 Å². The van der Waals surface area contributed by atoms with E-state index < -0.39 is 16.7 Å². The number of carbonyl (C=O) groups is 2. The summed E-state index contributed by atoms with van der Waals surface area (Å²) in [5, 5.41) is 10.8. The zero-order valence-corrected chi connectivity index (χ0v) is 12.9. The van der Waals surface area contributed by atoms with E-state index in [0.29, 0.717) is 11.4 Å². The van der Waals surface area contributed by atoms with Crippen LogP contribution >= 0.6 is 22.9 Å². The number of benzene rings is 1. The van der Waals surface area contributed by atoms with Gasteiger partial charge in [-0.2, -0.15) is 0 Å². The molecule has 0 aliphatic heterocycles. The Morgan fingerprint density at radius 1 is 1.32 bits per heavy atom. The second kappa shape index (κ2) is 6.12. The van der Waals surface area contributed by atoms with E-state index in [9.17, 15) is 19.7 Å². The van der Waals surface area contributed by atoms with E-state index in [4.69, 9.17) is 17.3 Å². The van der Waals surface area contributed by atoms with Gasteiger partial charge in [-0.1, -0.05) is 11.6 Å². The number of anilines is 2. The molecule has 0 radical (unpaired) electrons. The lowest BCUT2D eigenvalue weighted by Crippen LogP contribution is -2.34. The van der Waals surface area contributed by atoms with Gasteiger partial charge in [-0.3, -0.25) is 19.7 Å². The second-order valence-electron chi connectivity index (χ2n) is 4.28. The molecule has 114 valence electrons. The predicted molar refractivity (Wildman–Crippen MR) is 84.3 cm³/mol. The summed E-state index contributed by atoms with van der Waals surface area (Å²) in [6.45, 7) is 1.22. The highest BCUT2D eigenvalue weighted by Crippen LogP contribution is 2.35. The third-order valence-electron chi connectivity index (χ3n) is 2.75. The highest BCUT2D eigenvalue weighted by Gasteiger charge is 2.27. The lowest BCUT2D eigenvalue weighted by molar-refractivity contribution is -0.384. The van der Waals surface area contributed by atoms with Crippen molar-refractivity contribution in [3.63, 3.8) is 0 Å². The van der Waals surface area contributed by atoms with Gasteiger partial charge < -0.3 is 5.73 Å². The van der Waals surface area contributed by atoms with Crippen LogP contribution in [0.4, 0.5) is 17.1 Å². The van der Waals surface area contributed by atoms with Crippen molar-refractivity contribution in [2.45, 2.75) is 6.92 Å². The summed E-state index contributed by atoms with van der Waals surface area (Å²) in [6, 6.07) is 7.17. The van der Waals surface area contributed by atoms with E-state index in [1.807, 2.05) is 0 Å². The quantitative estimate of drug-likeness (QED) is 0.525. The van der Waals surface area contributed by atoms with Crippen molar-refractivity contribution in [2.24, 2.45) is 0 Å². The largest absolute Gasteiger partial charge is 0.399 e. The maximum atomic E-state index is 12.5. The monoisotopic (exact) mass is 339 g/mol. The molecule has 2 rings (SSSR count). The minimum atomic E-state index is -0.684. The van der Waals surface area contributed by atoms with Crippen LogP contribution in [0.3, 0.4) is 0 Å². The SMILES string of the molecule is CC(=O)N(C(=O)c1cc([N+](=O)[O-])c(Cl)s1)c1ccc(N)cc1. The van der Waals surface area contributed by atoms with Crippen LogP contribution in [0, 0.1) is 10.1 Å². The molecule has 0 atom stereocenters. The molecular formula is C13H10ClN3O4S. The van der Waals surface area contributed by atoms with Crippen LogP contribution < -0.4 is 10.6 Å². The molecule has 2 amide bonds. The third-order valence-corrected chi connectivity index (χ3v) is 4.07. The van der Waals surface area contributed by atoms with Crippen molar-refractivity contribution >= 4 is 51.8 Å². The fraction of sp³-hybridized carbons (Fsp3) is 0.0769. The van der Waals surface area contributed by atoms with Gasteiger partial charge in [-0.15, -0.1) is 11.3 Å². The number of nitrogen functional groups attached to an aromatic ring is 1. The Kier molecular flexibility index (Phi) is 4.43. The standard InChI is InChI=1S/C13H10ClN3O4S/c1-7(18)16(9-4-2-8(15)3-5-9)13(19)11-6-10(17(20)21)12(14)22-11/h2-6H,15H2,1H3. The summed E-state index contributed by atoms with van der Waals surface area (Å²) in [5.74, 6) is -1.21. The molecular weight excluding hydrogens is 330 g/mol. The van der Waals surface area contributed by atoms with E-state index in [1.54, 1.807) is 12.1 Å². The average molecular weight is 340 g/mol. The summed E-state index contributed by atoms with van der Waals surface area (Å²) in [6.07, 6.45) is 0. The number of hydrogen-bond donors (Lipinski definition) is 1. The summed E-state index contributed by atoms with van der Waals surface area (Å²) in [4.78, 5) is 35.3. The van der Waals surface area contributed by atoms with Crippen LogP contribution in [0.15, 0.2) is 30.3 Å². The fourth-order valence-corrected chi connectivity index (χ4v) is 2.92. The molecule has 0 fully saturated rings. The Hall–Kier alpha value is -2.45. The fourth-order valence-electron chi connectivity index (χ4n) is 1.76. The van der Waals surface area contributed by atoms with Crippen molar-refractivity contribution in [2.75, 3.05) is 10.6 Å². The second-order valence-corrected chi connectivity index (χ2v) is 5.93. The molecule has 1 heterocycles. The van der Waals surface area contributed by atoms with E-state index in [2.05, 4.69) is 0 Å². The Labute approximate surface area is 134 Å². The third kappa shape index (κ3) is 3.07. The summed E-state index contributed by atoms with van der Waals surface area (Å²) in [5.41, 5.74) is 6.00. The first-order valence-corrected chi connectivity index (χ1v) is 7.15. The molecule has 1 aromatic heterocycles. The van der Waals surface area contributed by atoms with Crippen LogP contribution in [0.25, 0.3) is 0 Å². The smallest absolute Gasteiger partial charge is 0.299 e. The maximum Gasteiger partial charge on any atom is 0.299 e. The topological polar surface area (TPSA) is 107 Å². The van der Waals surface area contributed by atoms with E-state index in [-0.39, 0.29) is 14.9 Å². The van der Waals surface area contributed by atoms with Crippen molar-refractivity contribution in [1.29, 1.82) is 0 Å². The van der Waals surface area contributed by atoms with E-state index >= 15 is 0 Å². The molecule has 2 N–H and O–H groups in total. The Morgan fingerprint density at radius 3 is 2.36 bits per heavy atom. The predicted octanol–water partition coefficient (Wildman–Crippen LogP) is 3.09. The minimum absolute atomic E-state index is 0.00345. The van der Waals surface area contributed by atoms with Gasteiger partial charge in [-0.05, 0) is 24.3 Å². The number of nitrogens with zero attached hydrogens (tertiary/aromatic N) is 2. The molecule has 9 heteroatoms. The first-order valence-electron chi connectivity index (χ1n) is 5.95. The zero-order chi connectivity index (χ0) is 16.4.